The van der Waals surface area contributed by atoms with Gasteiger partial charge in [0.25, 0.3) is 0 Å². The van der Waals surface area contributed by atoms with Crippen LogP contribution in [0.2, 0.25) is 0 Å². The summed E-state index contributed by atoms with van der Waals surface area (Å²) in [5.41, 5.74) is 2.06. The van der Waals surface area contributed by atoms with Gasteiger partial charge in [-0.05, 0) is 36.1 Å². The van der Waals surface area contributed by atoms with Crippen LogP contribution in [0.3, 0.4) is 0 Å². The van der Waals surface area contributed by atoms with Crippen LogP contribution in [0.15, 0.2) is 43.0 Å². The molecule has 1 aromatic carbocycles. The van der Waals surface area contributed by atoms with Crippen molar-refractivity contribution in [2.45, 2.75) is 12.3 Å². The van der Waals surface area contributed by atoms with Gasteiger partial charge in [-0.15, -0.1) is 0 Å². The molecular formula is C19H15FN6O. The molecule has 7 nitrogen and oxygen atoms in total. The van der Waals surface area contributed by atoms with Crippen LogP contribution in [0.4, 0.5) is 10.2 Å². The van der Waals surface area contributed by atoms with Crippen LogP contribution in [0, 0.1) is 23.1 Å². The van der Waals surface area contributed by atoms with E-state index in [1.807, 2.05) is 13.2 Å². The third-order valence-corrected chi connectivity index (χ3v) is 4.58. The Balaban J connectivity index is 1.49. The van der Waals surface area contributed by atoms with Crippen LogP contribution < -0.4 is 5.32 Å². The summed E-state index contributed by atoms with van der Waals surface area (Å²) < 4.78 is 15.2. The maximum absolute atomic E-state index is 13.5. The molecule has 2 unspecified atom stereocenters. The van der Waals surface area contributed by atoms with Gasteiger partial charge in [0.15, 0.2) is 0 Å². The molecule has 2 atom stereocenters. The van der Waals surface area contributed by atoms with E-state index >= 15 is 0 Å². The largest absolute Gasteiger partial charge is 0.310 e. The Hall–Kier alpha value is -3.60. The Morgan fingerprint density at radius 3 is 2.96 bits per heavy atom. The molecule has 0 radical (unpaired) electrons. The highest BCUT2D eigenvalue weighted by atomic mass is 19.1. The number of nitrogens with one attached hydrogen (secondary N) is 1. The third-order valence-electron chi connectivity index (χ3n) is 4.58. The van der Waals surface area contributed by atoms with Gasteiger partial charge in [0.05, 0.1) is 17.5 Å². The molecule has 1 N–H and O–H groups in total. The minimum absolute atomic E-state index is 0.0611. The standard InChI is InChI=1S/C19H15FN6O/c1-26-9-13(8-24-26)14-5-15(14)19(27)25-18-6-17(22-10-23-18)11-2-3-16(20)12(4-11)7-21/h2-4,6,8-10,14-15H,5H2,1H3,(H,22,23,25,27). The van der Waals surface area contributed by atoms with Crippen LogP contribution in [0.25, 0.3) is 11.3 Å². The maximum Gasteiger partial charge on any atom is 0.229 e. The highest BCUT2D eigenvalue weighted by Crippen LogP contribution is 2.47. The van der Waals surface area contributed by atoms with Crippen LogP contribution >= 0.6 is 0 Å². The van der Waals surface area contributed by atoms with Gasteiger partial charge >= 0.3 is 0 Å². The van der Waals surface area contributed by atoms with E-state index in [0.29, 0.717) is 17.1 Å². The molecule has 3 aromatic rings. The predicted molar refractivity (Wildman–Crippen MR) is 94.8 cm³/mol. The number of amides is 1. The van der Waals surface area contributed by atoms with E-state index in [1.54, 1.807) is 23.0 Å². The summed E-state index contributed by atoms with van der Waals surface area (Å²) in [7, 11) is 1.84. The fourth-order valence-electron chi connectivity index (χ4n) is 3.06. The Kier molecular flexibility index (Phi) is 4.12. The molecule has 1 amide bonds. The first kappa shape index (κ1) is 16.8. The number of rotatable bonds is 4. The second-order valence-corrected chi connectivity index (χ2v) is 6.48. The lowest BCUT2D eigenvalue weighted by Gasteiger charge is -2.06. The Morgan fingerprint density at radius 2 is 2.22 bits per heavy atom. The normalized spacial score (nSPS) is 18.0. The van der Waals surface area contributed by atoms with Crippen LogP contribution in [-0.4, -0.2) is 25.7 Å². The summed E-state index contributed by atoms with van der Waals surface area (Å²) in [6, 6.07) is 7.58. The highest BCUT2D eigenvalue weighted by Gasteiger charge is 2.44. The first-order chi connectivity index (χ1) is 13.0. The summed E-state index contributed by atoms with van der Waals surface area (Å²) in [4.78, 5) is 20.7. The molecule has 4 rings (SSSR count). The van der Waals surface area contributed by atoms with Crippen LogP contribution in [-0.2, 0) is 11.8 Å². The Bertz CT molecular complexity index is 1070. The van der Waals surface area contributed by atoms with E-state index < -0.39 is 5.82 Å². The Labute approximate surface area is 154 Å². The van der Waals surface area contributed by atoms with Gasteiger partial charge in [-0.2, -0.15) is 10.4 Å². The maximum atomic E-state index is 13.5. The summed E-state index contributed by atoms with van der Waals surface area (Å²) in [5.74, 6) is -0.257. The number of nitrogens with zero attached hydrogens (tertiary/aromatic N) is 5. The van der Waals surface area contributed by atoms with Gasteiger partial charge in [-0.25, -0.2) is 14.4 Å². The lowest BCUT2D eigenvalue weighted by atomic mass is 10.1. The first-order valence-corrected chi connectivity index (χ1v) is 8.36. The van der Waals surface area contributed by atoms with E-state index in [0.717, 1.165) is 12.0 Å². The lowest BCUT2D eigenvalue weighted by Crippen LogP contribution is -2.15. The predicted octanol–water partition coefficient (Wildman–Crippen LogP) is 2.63. The minimum atomic E-state index is -0.584. The zero-order valence-corrected chi connectivity index (χ0v) is 14.4. The molecule has 27 heavy (non-hydrogen) atoms. The molecule has 0 aliphatic heterocycles. The van der Waals surface area contributed by atoms with Gasteiger partial charge in [0.1, 0.15) is 24.0 Å². The molecule has 134 valence electrons. The monoisotopic (exact) mass is 362 g/mol. The van der Waals surface area contributed by atoms with Crippen molar-refractivity contribution in [1.29, 1.82) is 5.26 Å². The second kappa shape index (κ2) is 6.61. The molecule has 1 aliphatic rings. The lowest BCUT2D eigenvalue weighted by molar-refractivity contribution is -0.117. The van der Waals surface area contributed by atoms with E-state index in [2.05, 4.69) is 20.4 Å². The van der Waals surface area contributed by atoms with Crippen molar-refractivity contribution in [3.63, 3.8) is 0 Å². The number of nitriles is 1. The molecule has 2 heterocycles. The fourth-order valence-corrected chi connectivity index (χ4v) is 3.06. The van der Waals surface area contributed by atoms with Crippen molar-refractivity contribution in [1.82, 2.24) is 19.7 Å². The molecule has 0 bridgehead atoms. The number of aryl methyl sites for hydroxylation is 1. The second-order valence-electron chi connectivity index (χ2n) is 6.48. The number of hydrogen-bond acceptors (Lipinski definition) is 5. The van der Waals surface area contributed by atoms with E-state index in [-0.39, 0.29) is 23.3 Å². The quantitative estimate of drug-likeness (QED) is 0.770. The zero-order chi connectivity index (χ0) is 19.0. The summed E-state index contributed by atoms with van der Waals surface area (Å²) in [6.45, 7) is 0. The van der Waals surface area contributed by atoms with Gasteiger partial charge in [0.2, 0.25) is 5.91 Å². The topological polar surface area (TPSA) is 96.5 Å². The van der Waals surface area contributed by atoms with E-state index in [9.17, 15) is 9.18 Å². The average Bonchev–Trinajstić information content (AvgIpc) is 3.36. The van der Waals surface area contributed by atoms with Crippen molar-refractivity contribution in [2.24, 2.45) is 13.0 Å². The average molecular weight is 362 g/mol. The number of carbonyl (C=O) groups excluding carboxylic acids is 1. The zero-order valence-electron chi connectivity index (χ0n) is 14.4. The highest BCUT2D eigenvalue weighted by molar-refractivity contribution is 5.94. The van der Waals surface area contributed by atoms with Crippen molar-refractivity contribution < 1.29 is 9.18 Å². The molecular weight excluding hydrogens is 347 g/mol. The fraction of sp³-hybridized carbons (Fsp3) is 0.211. The summed E-state index contributed by atoms with van der Waals surface area (Å²) >= 11 is 0. The molecule has 8 heteroatoms. The molecule has 1 fully saturated rings. The smallest absolute Gasteiger partial charge is 0.229 e. The molecule has 0 spiro atoms. The van der Waals surface area contributed by atoms with Crippen LogP contribution in [0.1, 0.15) is 23.5 Å². The van der Waals surface area contributed by atoms with E-state index in [1.165, 1.54) is 24.5 Å². The third kappa shape index (κ3) is 3.40. The Morgan fingerprint density at radius 1 is 1.37 bits per heavy atom. The number of halogens is 1. The van der Waals surface area contributed by atoms with E-state index in [4.69, 9.17) is 5.26 Å². The van der Waals surface area contributed by atoms with Gasteiger partial charge < -0.3 is 5.32 Å². The van der Waals surface area contributed by atoms with Crippen molar-refractivity contribution in [3.05, 3.63) is 59.9 Å². The van der Waals surface area contributed by atoms with Crippen LogP contribution in [0.5, 0.6) is 0 Å². The molecule has 2 aromatic heterocycles. The molecule has 0 saturated heterocycles. The number of anilines is 1. The van der Waals surface area contributed by atoms with Crippen molar-refractivity contribution >= 4 is 11.7 Å². The first-order valence-electron chi connectivity index (χ1n) is 8.36. The number of carbonyl (C=O) groups is 1. The number of benzene rings is 1. The molecule has 1 aliphatic carbocycles. The van der Waals surface area contributed by atoms with Crippen molar-refractivity contribution in [2.75, 3.05) is 5.32 Å². The number of aromatic nitrogens is 4. The summed E-state index contributed by atoms with van der Waals surface area (Å²) in [5, 5.41) is 15.9. The summed E-state index contributed by atoms with van der Waals surface area (Å²) in [6.07, 6.45) is 5.80. The SMILES string of the molecule is Cn1cc(C2CC2C(=O)Nc2cc(-c3ccc(F)c(C#N)c3)ncn2)cn1. The van der Waals surface area contributed by atoms with Gasteiger partial charge in [0, 0.05) is 30.8 Å². The van der Waals surface area contributed by atoms with Gasteiger partial charge in [-0.1, -0.05) is 0 Å². The molecule has 1 saturated carbocycles. The minimum Gasteiger partial charge on any atom is -0.310 e. The van der Waals surface area contributed by atoms with Crippen molar-refractivity contribution in [3.8, 4) is 17.3 Å². The number of hydrogen-bond donors (Lipinski definition) is 1. The van der Waals surface area contributed by atoms with Gasteiger partial charge in [-0.3, -0.25) is 9.48 Å².